The lowest BCUT2D eigenvalue weighted by Crippen LogP contribution is -2.41. The first-order chi connectivity index (χ1) is 9.51. The Morgan fingerprint density at radius 2 is 2.20 bits per heavy atom. The summed E-state index contributed by atoms with van der Waals surface area (Å²) in [7, 11) is 1.30. The van der Waals surface area contributed by atoms with Crippen molar-refractivity contribution in [2.75, 3.05) is 7.11 Å². The van der Waals surface area contributed by atoms with Crippen molar-refractivity contribution in [1.29, 1.82) is 0 Å². The van der Waals surface area contributed by atoms with Gasteiger partial charge < -0.3 is 15.2 Å². The Kier molecular flexibility index (Phi) is 4.22. The zero-order valence-corrected chi connectivity index (χ0v) is 11.1. The van der Waals surface area contributed by atoms with Crippen LogP contribution in [-0.2, 0) is 4.79 Å². The van der Waals surface area contributed by atoms with Crippen molar-refractivity contribution in [3.05, 3.63) is 29.6 Å². The fraction of sp³-hybridized carbons (Fsp3) is 0.429. The van der Waals surface area contributed by atoms with E-state index in [1.54, 1.807) is 0 Å². The second-order valence-electron chi connectivity index (χ2n) is 4.89. The Bertz CT molecular complexity index is 528. The number of carboxylic acids is 1. The first-order valence-corrected chi connectivity index (χ1v) is 6.38. The minimum atomic E-state index is -1.06. The van der Waals surface area contributed by atoms with Crippen LogP contribution in [0.5, 0.6) is 5.75 Å². The number of amides is 1. The lowest BCUT2D eigenvalue weighted by atomic mass is 10.1. The number of hydrogen-bond donors (Lipinski definition) is 2. The zero-order chi connectivity index (χ0) is 14.7. The number of carboxylic acid groups (broad SMARTS) is 1. The second-order valence-corrected chi connectivity index (χ2v) is 4.89. The maximum Gasteiger partial charge on any atom is 0.326 e. The van der Waals surface area contributed by atoms with E-state index in [9.17, 15) is 14.0 Å². The van der Waals surface area contributed by atoms with Crippen molar-refractivity contribution in [3.63, 3.8) is 0 Å². The molecule has 20 heavy (non-hydrogen) atoms. The van der Waals surface area contributed by atoms with Crippen molar-refractivity contribution in [2.24, 2.45) is 5.92 Å². The fourth-order valence-electron chi connectivity index (χ4n) is 1.95. The topological polar surface area (TPSA) is 75.6 Å². The molecular weight excluding hydrogens is 265 g/mol. The maximum atomic E-state index is 13.3. The summed E-state index contributed by atoms with van der Waals surface area (Å²) in [5, 5.41) is 11.5. The molecule has 5 nitrogen and oxygen atoms in total. The molecule has 108 valence electrons. The molecule has 0 radical (unpaired) electrons. The third-order valence-electron chi connectivity index (χ3n) is 3.28. The Morgan fingerprint density at radius 1 is 1.50 bits per heavy atom. The molecule has 1 saturated carbocycles. The van der Waals surface area contributed by atoms with Gasteiger partial charge in [-0.2, -0.15) is 0 Å². The van der Waals surface area contributed by atoms with Gasteiger partial charge in [-0.3, -0.25) is 4.79 Å². The highest BCUT2D eigenvalue weighted by molar-refractivity contribution is 5.96. The number of aliphatic carboxylic acids is 1. The van der Waals surface area contributed by atoms with Crippen LogP contribution in [0.15, 0.2) is 18.2 Å². The SMILES string of the molecule is COc1cc(C(=O)NC(CC2CC2)C(=O)O)ccc1F. The van der Waals surface area contributed by atoms with Gasteiger partial charge in [0.25, 0.3) is 5.91 Å². The van der Waals surface area contributed by atoms with E-state index < -0.39 is 23.7 Å². The van der Waals surface area contributed by atoms with Crippen LogP contribution in [0.4, 0.5) is 4.39 Å². The summed E-state index contributed by atoms with van der Waals surface area (Å²) in [4.78, 5) is 23.1. The second kappa shape index (κ2) is 5.90. The van der Waals surface area contributed by atoms with Gasteiger partial charge >= 0.3 is 5.97 Å². The van der Waals surface area contributed by atoms with Crippen LogP contribution in [0.2, 0.25) is 0 Å². The first-order valence-electron chi connectivity index (χ1n) is 6.38. The molecule has 1 aliphatic carbocycles. The minimum absolute atomic E-state index is 0.0493. The molecule has 0 aromatic heterocycles. The molecule has 0 saturated heterocycles. The number of hydrogen-bond acceptors (Lipinski definition) is 3. The van der Waals surface area contributed by atoms with Crippen LogP contribution in [0.3, 0.4) is 0 Å². The van der Waals surface area contributed by atoms with Gasteiger partial charge in [0, 0.05) is 5.56 Å². The largest absolute Gasteiger partial charge is 0.494 e. The van der Waals surface area contributed by atoms with E-state index in [2.05, 4.69) is 5.32 Å². The Balaban J connectivity index is 2.07. The van der Waals surface area contributed by atoms with Gasteiger partial charge in [0.15, 0.2) is 11.6 Å². The number of carbonyl (C=O) groups excluding carboxylic acids is 1. The predicted molar refractivity (Wildman–Crippen MR) is 69.2 cm³/mol. The summed E-state index contributed by atoms with van der Waals surface area (Å²) in [6.45, 7) is 0. The number of methoxy groups -OCH3 is 1. The Labute approximate surface area is 115 Å². The number of nitrogens with one attached hydrogen (secondary N) is 1. The number of rotatable bonds is 6. The van der Waals surface area contributed by atoms with Gasteiger partial charge in [-0.05, 0) is 30.5 Å². The number of ether oxygens (including phenoxy) is 1. The Morgan fingerprint density at radius 3 is 2.75 bits per heavy atom. The molecular formula is C14H16FNO4. The van der Waals surface area contributed by atoms with E-state index in [4.69, 9.17) is 9.84 Å². The number of benzene rings is 1. The average Bonchev–Trinajstić information content (AvgIpc) is 3.22. The number of carbonyl (C=O) groups is 2. The van der Waals surface area contributed by atoms with E-state index in [0.29, 0.717) is 12.3 Å². The summed E-state index contributed by atoms with van der Waals surface area (Å²) < 4.78 is 18.0. The summed E-state index contributed by atoms with van der Waals surface area (Å²) >= 11 is 0. The summed E-state index contributed by atoms with van der Waals surface area (Å²) in [5.74, 6) is -1.85. The van der Waals surface area contributed by atoms with Crippen molar-refractivity contribution in [1.82, 2.24) is 5.32 Å². The molecule has 1 fully saturated rings. The predicted octanol–water partition coefficient (Wildman–Crippen LogP) is 1.82. The van der Waals surface area contributed by atoms with E-state index in [-0.39, 0.29) is 11.3 Å². The van der Waals surface area contributed by atoms with Crippen LogP contribution >= 0.6 is 0 Å². The molecule has 1 unspecified atom stereocenters. The zero-order valence-electron chi connectivity index (χ0n) is 11.1. The van der Waals surface area contributed by atoms with Gasteiger partial charge in [0.2, 0.25) is 0 Å². The van der Waals surface area contributed by atoms with E-state index >= 15 is 0 Å². The van der Waals surface area contributed by atoms with Gasteiger partial charge in [0.05, 0.1) is 7.11 Å². The van der Waals surface area contributed by atoms with Crippen molar-refractivity contribution < 1.29 is 23.8 Å². The first kappa shape index (κ1) is 14.3. The molecule has 6 heteroatoms. The highest BCUT2D eigenvalue weighted by Gasteiger charge is 2.30. The molecule has 2 rings (SSSR count). The van der Waals surface area contributed by atoms with Gasteiger partial charge in [0.1, 0.15) is 6.04 Å². The summed E-state index contributed by atoms with van der Waals surface area (Å²) in [6, 6.07) is 2.75. The molecule has 1 aromatic rings. The Hall–Kier alpha value is -2.11. The molecule has 0 spiro atoms. The van der Waals surface area contributed by atoms with Crippen molar-refractivity contribution in [3.8, 4) is 5.75 Å². The molecule has 1 atom stereocenters. The summed E-state index contributed by atoms with van der Waals surface area (Å²) in [6.07, 6.45) is 2.44. The lowest BCUT2D eigenvalue weighted by Gasteiger charge is -2.14. The minimum Gasteiger partial charge on any atom is -0.494 e. The van der Waals surface area contributed by atoms with Crippen LogP contribution in [0.1, 0.15) is 29.6 Å². The summed E-state index contributed by atoms with van der Waals surface area (Å²) in [5.41, 5.74) is 0.172. The van der Waals surface area contributed by atoms with Gasteiger partial charge in [-0.1, -0.05) is 12.8 Å². The highest BCUT2D eigenvalue weighted by Crippen LogP contribution is 2.33. The lowest BCUT2D eigenvalue weighted by molar-refractivity contribution is -0.139. The average molecular weight is 281 g/mol. The molecule has 0 heterocycles. The smallest absolute Gasteiger partial charge is 0.326 e. The third-order valence-corrected chi connectivity index (χ3v) is 3.28. The van der Waals surface area contributed by atoms with Crippen LogP contribution in [-0.4, -0.2) is 30.1 Å². The van der Waals surface area contributed by atoms with Crippen molar-refractivity contribution >= 4 is 11.9 Å². The van der Waals surface area contributed by atoms with E-state index in [0.717, 1.165) is 18.9 Å². The third kappa shape index (κ3) is 3.46. The van der Waals surface area contributed by atoms with Crippen molar-refractivity contribution in [2.45, 2.75) is 25.3 Å². The maximum absolute atomic E-state index is 13.3. The standard InChI is InChI=1S/C14H16FNO4/c1-20-12-7-9(4-5-10(12)15)13(17)16-11(14(18)19)6-8-2-3-8/h4-5,7-8,11H,2-3,6H2,1H3,(H,16,17)(H,18,19). The molecule has 0 aliphatic heterocycles. The molecule has 1 aromatic carbocycles. The molecule has 0 bridgehead atoms. The monoisotopic (exact) mass is 281 g/mol. The highest BCUT2D eigenvalue weighted by atomic mass is 19.1. The molecule has 1 amide bonds. The number of halogens is 1. The normalized spacial score (nSPS) is 15.5. The van der Waals surface area contributed by atoms with Crippen LogP contribution in [0, 0.1) is 11.7 Å². The van der Waals surface area contributed by atoms with Gasteiger partial charge in [-0.25, -0.2) is 9.18 Å². The van der Waals surface area contributed by atoms with Gasteiger partial charge in [-0.15, -0.1) is 0 Å². The van der Waals surface area contributed by atoms with E-state index in [1.807, 2.05) is 0 Å². The fourth-order valence-corrected chi connectivity index (χ4v) is 1.95. The molecule has 2 N–H and O–H groups in total. The van der Waals surface area contributed by atoms with Crippen LogP contribution in [0.25, 0.3) is 0 Å². The van der Waals surface area contributed by atoms with E-state index in [1.165, 1.54) is 19.2 Å². The van der Waals surface area contributed by atoms with Crippen LogP contribution < -0.4 is 10.1 Å². The molecule has 1 aliphatic rings. The quantitative estimate of drug-likeness (QED) is 0.834.